The maximum Gasteiger partial charge on any atom is 0.149 e. The number of hydrogen-bond acceptors (Lipinski definition) is 4. The molecule has 2 atom stereocenters. The molecule has 19 heavy (non-hydrogen) atoms. The van der Waals surface area contributed by atoms with E-state index in [9.17, 15) is 0 Å². The van der Waals surface area contributed by atoms with Crippen LogP contribution in [0.25, 0.3) is 0 Å². The van der Waals surface area contributed by atoms with Crippen molar-refractivity contribution in [1.29, 1.82) is 0 Å². The summed E-state index contributed by atoms with van der Waals surface area (Å²) in [7, 11) is 1.95. The Morgan fingerprint density at radius 3 is 2.79 bits per heavy atom. The van der Waals surface area contributed by atoms with E-state index in [-0.39, 0.29) is 6.04 Å². The molecule has 0 fully saturated rings. The van der Waals surface area contributed by atoms with Crippen LogP contribution in [0.15, 0.2) is 18.6 Å². The molecule has 0 aliphatic rings. The van der Waals surface area contributed by atoms with Gasteiger partial charge in [-0.05, 0) is 26.3 Å². The Kier molecular flexibility index (Phi) is 4.31. The predicted octanol–water partition coefficient (Wildman–Crippen LogP) is 1.83. The van der Waals surface area contributed by atoms with Gasteiger partial charge in [0, 0.05) is 25.8 Å². The molecule has 0 aliphatic carbocycles. The highest BCUT2D eigenvalue weighted by Gasteiger charge is 2.11. The molecule has 2 unspecified atom stereocenters. The molecule has 6 nitrogen and oxygen atoms in total. The van der Waals surface area contributed by atoms with Gasteiger partial charge >= 0.3 is 0 Å². The van der Waals surface area contributed by atoms with E-state index in [0.717, 1.165) is 24.5 Å². The molecule has 104 valence electrons. The fourth-order valence-corrected chi connectivity index (χ4v) is 1.94. The van der Waals surface area contributed by atoms with Crippen LogP contribution in [-0.2, 0) is 13.6 Å². The maximum atomic E-state index is 4.57. The summed E-state index contributed by atoms with van der Waals surface area (Å²) >= 11 is 0. The lowest BCUT2D eigenvalue weighted by molar-refractivity contribution is 0.465. The lowest BCUT2D eigenvalue weighted by atomic mass is 10.3. The average Bonchev–Trinajstić information content (AvgIpc) is 3.04. The molecule has 2 heterocycles. The van der Waals surface area contributed by atoms with Crippen LogP contribution >= 0.6 is 0 Å². The Morgan fingerprint density at radius 2 is 2.16 bits per heavy atom. The van der Waals surface area contributed by atoms with Gasteiger partial charge in [-0.2, -0.15) is 5.10 Å². The summed E-state index contributed by atoms with van der Waals surface area (Å²) < 4.78 is 3.94. The highest BCUT2D eigenvalue weighted by atomic mass is 15.3. The zero-order chi connectivity index (χ0) is 13.8. The summed E-state index contributed by atoms with van der Waals surface area (Å²) in [6.07, 6.45) is 4.84. The van der Waals surface area contributed by atoms with Crippen molar-refractivity contribution in [2.75, 3.05) is 0 Å². The van der Waals surface area contributed by atoms with Crippen molar-refractivity contribution in [3.63, 3.8) is 0 Å². The van der Waals surface area contributed by atoms with Crippen molar-refractivity contribution in [1.82, 2.24) is 29.9 Å². The highest BCUT2D eigenvalue weighted by Crippen LogP contribution is 2.11. The Bertz CT molecular complexity index is 515. The van der Waals surface area contributed by atoms with Crippen LogP contribution in [0.4, 0.5) is 0 Å². The smallest absolute Gasteiger partial charge is 0.149 e. The van der Waals surface area contributed by atoms with Crippen LogP contribution in [0.2, 0.25) is 0 Å². The van der Waals surface area contributed by atoms with E-state index in [0.29, 0.717) is 6.04 Å². The molecular formula is C13H22N6. The zero-order valence-electron chi connectivity index (χ0n) is 12.0. The lowest BCUT2D eigenvalue weighted by Gasteiger charge is -2.12. The molecular weight excluding hydrogens is 240 g/mol. The summed E-state index contributed by atoms with van der Waals surface area (Å²) in [5.41, 5.74) is 1.05. The Balaban J connectivity index is 1.92. The molecule has 6 heteroatoms. The molecule has 2 aromatic rings. The minimum atomic E-state index is 0.154. The monoisotopic (exact) mass is 262 g/mol. The Hall–Kier alpha value is -1.69. The van der Waals surface area contributed by atoms with Crippen LogP contribution < -0.4 is 5.32 Å². The first kappa shape index (κ1) is 13.7. The number of rotatable bonds is 6. The second kappa shape index (κ2) is 5.97. The van der Waals surface area contributed by atoms with Gasteiger partial charge in [0.1, 0.15) is 12.2 Å². The van der Waals surface area contributed by atoms with Crippen LogP contribution in [0, 0.1) is 0 Å². The topological polar surface area (TPSA) is 60.6 Å². The second-order valence-electron chi connectivity index (χ2n) is 4.95. The summed E-state index contributed by atoms with van der Waals surface area (Å²) in [6, 6.07) is 2.66. The number of aromatic nitrogens is 5. The van der Waals surface area contributed by atoms with E-state index < -0.39 is 0 Å². The van der Waals surface area contributed by atoms with Gasteiger partial charge in [-0.1, -0.05) is 6.92 Å². The summed E-state index contributed by atoms with van der Waals surface area (Å²) in [5, 5.41) is 16.0. The van der Waals surface area contributed by atoms with E-state index in [2.05, 4.69) is 47.5 Å². The minimum absolute atomic E-state index is 0.154. The molecule has 0 saturated carbocycles. The third kappa shape index (κ3) is 3.20. The molecule has 0 aliphatic heterocycles. The van der Waals surface area contributed by atoms with E-state index >= 15 is 0 Å². The number of nitrogens with one attached hydrogen (secondary N) is 1. The Labute approximate surface area is 113 Å². The van der Waals surface area contributed by atoms with Crippen molar-refractivity contribution < 1.29 is 0 Å². The SMILES string of the molecule is CCC(C)n1ccc(CNC(C)c2nncn2C)n1. The second-order valence-corrected chi connectivity index (χ2v) is 4.95. The van der Waals surface area contributed by atoms with Gasteiger partial charge in [0.15, 0.2) is 0 Å². The zero-order valence-corrected chi connectivity index (χ0v) is 12.0. The van der Waals surface area contributed by atoms with Gasteiger partial charge in [0.05, 0.1) is 11.7 Å². The first-order valence-electron chi connectivity index (χ1n) is 6.73. The predicted molar refractivity (Wildman–Crippen MR) is 73.5 cm³/mol. The van der Waals surface area contributed by atoms with E-state index in [1.807, 2.05) is 22.5 Å². The normalized spacial score (nSPS) is 14.5. The maximum absolute atomic E-state index is 4.57. The van der Waals surface area contributed by atoms with Crippen molar-refractivity contribution in [2.24, 2.45) is 7.05 Å². The van der Waals surface area contributed by atoms with Gasteiger partial charge in [-0.25, -0.2) is 0 Å². The third-order valence-electron chi connectivity index (χ3n) is 3.43. The molecule has 1 N–H and O–H groups in total. The van der Waals surface area contributed by atoms with Crippen LogP contribution in [0.3, 0.4) is 0 Å². The molecule has 0 bridgehead atoms. The molecule has 0 radical (unpaired) electrons. The van der Waals surface area contributed by atoms with Crippen molar-refractivity contribution in [3.8, 4) is 0 Å². The van der Waals surface area contributed by atoms with Crippen molar-refractivity contribution in [2.45, 2.75) is 45.8 Å². The van der Waals surface area contributed by atoms with E-state index in [4.69, 9.17) is 0 Å². The highest BCUT2D eigenvalue weighted by molar-refractivity contribution is 5.01. The van der Waals surface area contributed by atoms with Crippen molar-refractivity contribution in [3.05, 3.63) is 30.1 Å². The first-order valence-corrected chi connectivity index (χ1v) is 6.73. The third-order valence-corrected chi connectivity index (χ3v) is 3.43. The Morgan fingerprint density at radius 1 is 1.37 bits per heavy atom. The minimum Gasteiger partial charge on any atom is -0.319 e. The summed E-state index contributed by atoms with van der Waals surface area (Å²) in [6.45, 7) is 7.15. The fourth-order valence-electron chi connectivity index (χ4n) is 1.94. The standard InChI is InChI=1S/C13H22N6/c1-5-10(2)19-7-6-12(17-19)8-14-11(3)13-16-15-9-18(13)4/h6-7,9-11,14H,5,8H2,1-4H3. The summed E-state index contributed by atoms with van der Waals surface area (Å²) in [4.78, 5) is 0. The molecule has 2 aromatic heterocycles. The lowest BCUT2D eigenvalue weighted by Crippen LogP contribution is -2.21. The average molecular weight is 262 g/mol. The van der Waals surface area contributed by atoms with Crippen LogP contribution in [0.5, 0.6) is 0 Å². The first-order chi connectivity index (χ1) is 9.11. The molecule has 0 aromatic carbocycles. The largest absolute Gasteiger partial charge is 0.319 e. The van der Waals surface area contributed by atoms with Gasteiger partial charge in [-0.15, -0.1) is 10.2 Å². The number of aryl methyl sites for hydroxylation is 1. The fraction of sp³-hybridized carbons (Fsp3) is 0.615. The van der Waals surface area contributed by atoms with Gasteiger partial charge in [-0.3, -0.25) is 4.68 Å². The molecule has 0 amide bonds. The number of nitrogens with zero attached hydrogens (tertiary/aromatic N) is 5. The van der Waals surface area contributed by atoms with E-state index in [1.54, 1.807) is 6.33 Å². The quantitative estimate of drug-likeness (QED) is 0.863. The molecule has 0 saturated heterocycles. The van der Waals surface area contributed by atoms with Gasteiger partial charge in [0.2, 0.25) is 0 Å². The van der Waals surface area contributed by atoms with Crippen LogP contribution in [-0.4, -0.2) is 24.5 Å². The molecule has 0 spiro atoms. The summed E-state index contributed by atoms with van der Waals surface area (Å²) in [5.74, 6) is 0.932. The van der Waals surface area contributed by atoms with E-state index in [1.165, 1.54) is 0 Å². The van der Waals surface area contributed by atoms with Gasteiger partial charge < -0.3 is 9.88 Å². The number of hydrogen-bond donors (Lipinski definition) is 1. The van der Waals surface area contributed by atoms with Crippen molar-refractivity contribution >= 4 is 0 Å². The van der Waals surface area contributed by atoms with Gasteiger partial charge in [0.25, 0.3) is 0 Å². The van der Waals surface area contributed by atoms with Crippen LogP contribution in [0.1, 0.15) is 50.8 Å². The molecule has 2 rings (SSSR count).